The molecule has 3 aromatic heterocycles. The standard InChI is InChI=1S/C27H22F6N4O6S/c1-10-18(36-20(38)23(42-4)43-24(41)27(31,32)33)13(8-15(35-10)26(28,29)30)12-5-6-34-14-7-11(44-19(12)14)9-37-21(39)16-17(22(37)40)25(16,2)3/h5-8,16-17,23H,9H2,1-4H3,(H,36,38). The molecule has 1 saturated carbocycles. The second kappa shape index (κ2) is 10.5. The molecule has 3 atom stereocenters. The van der Waals surface area contributed by atoms with Crippen molar-refractivity contribution in [1.29, 1.82) is 0 Å². The summed E-state index contributed by atoms with van der Waals surface area (Å²) in [6.07, 6.45) is -11.5. The van der Waals surface area contributed by atoms with E-state index in [1.54, 1.807) is 6.07 Å². The first-order valence-corrected chi connectivity index (χ1v) is 13.6. The molecule has 0 bridgehead atoms. The summed E-state index contributed by atoms with van der Waals surface area (Å²) in [5, 5.41) is 2.17. The summed E-state index contributed by atoms with van der Waals surface area (Å²) in [7, 11) is 0.784. The molecule has 44 heavy (non-hydrogen) atoms. The Hall–Kier alpha value is -4.12. The third-order valence-electron chi connectivity index (χ3n) is 7.57. The maximum Gasteiger partial charge on any atom is 0.491 e. The number of carbonyl (C=O) groups excluding carboxylic acids is 4. The van der Waals surface area contributed by atoms with Crippen LogP contribution in [0.25, 0.3) is 21.3 Å². The van der Waals surface area contributed by atoms with Gasteiger partial charge in [0.2, 0.25) is 11.8 Å². The molecule has 4 heterocycles. The van der Waals surface area contributed by atoms with Gasteiger partial charge in [-0.05, 0) is 30.5 Å². The number of nitrogens with one attached hydrogen (secondary N) is 1. The average Bonchev–Trinajstić information content (AvgIpc) is 3.15. The number of hydrogen-bond acceptors (Lipinski definition) is 9. The average molecular weight is 645 g/mol. The predicted molar refractivity (Wildman–Crippen MR) is 140 cm³/mol. The van der Waals surface area contributed by atoms with E-state index in [1.807, 2.05) is 13.8 Å². The number of carbonyl (C=O) groups is 4. The fraction of sp³-hybridized carbons (Fsp3) is 0.407. The van der Waals surface area contributed by atoms with Gasteiger partial charge in [0, 0.05) is 29.3 Å². The number of likely N-dealkylation sites (tertiary alicyclic amines) is 1. The van der Waals surface area contributed by atoms with Crippen molar-refractivity contribution in [3.8, 4) is 11.1 Å². The number of imide groups is 1. The van der Waals surface area contributed by atoms with E-state index in [4.69, 9.17) is 0 Å². The quantitative estimate of drug-likeness (QED) is 0.168. The number of piperidine rings is 1. The first-order valence-electron chi connectivity index (χ1n) is 12.8. The van der Waals surface area contributed by atoms with Gasteiger partial charge in [0.1, 0.15) is 5.69 Å². The highest BCUT2D eigenvalue weighted by atomic mass is 32.1. The number of aryl methyl sites for hydroxylation is 1. The van der Waals surface area contributed by atoms with Gasteiger partial charge < -0.3 is 14.8 Å². The van der Waals surface area contributed by atoms with Crippen LogP contribution < -0.4 is 5.32 Å². The fourth-order valence-electron chi connectivity index (χ4n) is 5.34. The Labute approximate surface area is 248 Å². The molecule has 3 unspecified atom stereocenters. The van der Waals surface area contributed by atoms with E-state index in [9.17, 15) is 45.5 Å². The number of alkyl halides is 6. The van der Waals surface area contributed by atoms with Gasteiger partial charge in [0.05, 0.1) is 40.0 Å². The first kappa shape index (κ1) is 31.3. The summed E-state index contributed by atoms with van der Waals surface area (Å²) in [5.41, 5.74) is -2.23. The zero-order valence-electron chi connectivity index (χ0n) is 23.2. The summed E-state index contributed by atoms with van der Waals surface area (Å²) < 4.78 is 88.4. The van der Waals surface area contributed by atoms with Gasteiger partial charge in [-0.15, -0.1) is 11.3 Å². The van der Waals surface area contributed by atoms with E-state index in [0.29, 0.717) is 21.2 Å². The number of hydrogen-bond donors (Lipinski definition) is 1. The van der Waals surface area contributed by atoms with Crippen LogP contribution >= 0.6 is 11.3 Å². The van der Waals surface area contributed by atoms with Gasteiger partial charge in [-0.3, -0.25) is 24.3 Å². The molecule has 1 aliphatic heterocycles. The number of pyridine rings is 2. The van der Waals surface area contributed by atoms with Crippen LogP contribution in [0.4, 0.5) is 32.0 Å². The number of ether oxygens (including phenoxy) is 2. The first-order chi connectivity index (χ1) is 20.4. The molecule has 5 rings (SSSR count). The third-order valence-corrected chi connectivity index (χ3v) is 8.71. The van der Waals surface area contributed by atoms with Crippen LogP contribution in [0.5, 0.6) is 0 Å². The molecule has 3 aromatic rings. The van der Waals surface area contributed by atoms with Crippen molar-refractivity contribution in [3.05, 3.63) is 40.7 Å². The van der Waals surface area contributed by atoms with Crippen LogP contribution in [-0.4, -0.2) is 58.1 Å². The number of rotatable bonds is 7. The maximum absolute atomic E-state index is 13.8. The lowest BCUT2D eigenvalue weighted by Crippen LogP contribution is -2.38. The van der Waals surface area contributed by atoms with Crippen molar-refractivity contribution < 1.29 is 55.0 Å². The smallest absolute Gasteiger partial charge is 0.419 e. The topological polar surface area (TPSA) is 128 Å². The van der Waals surface area contributed by atoms with Crippen LogP contribution in [0.1, 0.15) is 30.1 Å². The Bertz CT molecular complexity index is 1690. The highest BCUT2D eigenvalue weighted by molar-refractivity contribution is 7.19. The molecular formula is C27H22F6N4O6S. The van der Waals surface area contributed by atoms with Gasteiger partial charge in [0.15, 0.2) is 0 Å². The molecular weight excluding hydrogens is 622 g/mol. The summed E-state index contributed by atoms with van der Waals surface area (Å²) in [4.78, 5) is 59.1. The van der Waals surface area contributed by atoms with Crippen LogP contribution in [0.15, 0.2) is 24.4 Å². The van der Waals surface area contributed by atoms with Crippen molar-refractivity contribution in [2.24, 2.45) is 17.3 Å². The maximum atomic E-state index is 13.8. The van der Waals surface area contributed by atoms with E-state index in [0.717, 1.165) is 30.3 Å². The zero-order chi connectivity index (χ0) is 32.5. The van der Waals surface area contributed by atoms with Crippen molar-refractivity contribution in [3.63, 3.8) is 0 Å². The molecule has 3 amide bonds. The molecule has 1 saturated heterocycles. The van der Waals surface area contributed by atoms with Crippen LogP contribution in [0, 0.1) is 24.2 Å². The van der Waals surface area contributed by atoms with Gasteiger partial charge in [-0.1, -0.05) is 13.8 Å². The molecule has 1 N–H and O–H groups in total. The molecule has 0 spiro atoms. The van der Waals surface area contributed by atoms with E-state index in [1.165, 1.54) is 12.3 Å². The second-order valence-corrected chi connectivity index (χ2v) is 11.9. The van der Waals surface area contributed by atoms with Gasteiger partial charge in [-0.25, -0.2) is 9.78 Å². The monoisotopic (exact) mass is 644 g/mol. The molecule has 17 heteroatoms. The number of nitrogens with zero attached hydrogens (tertiary/aromatic N) is 3. The minimum absolute atomic E-state index is 0.0753. The lowest BCUT2D eigenvalue weighted by molar-refractivity contribution is -0.221. The fourth-order valence-corrected chi connectivity index (χ4v) is 6.47. The molecule has 2 aliphatic rings. The highest BCUT2D eigenvalue weighted by Crippen LogP contribution is 2.63. The third kappa shape index (κ3) is 5.38. The van der Waals surface area contributed by atoms with Gasteiger partial charge in [-0.2, -0.15) is 26.3 Å². The highest BCUT2D eigenvalue weighted by Gasteiger charge is 2.72. The Balaban J connectivity index is 1.53. The lowest BCUT2D eigenvalue weighted by Gasteiger charge is -2.20. The van der Waals surface area contributed by atoms with Crippen molar-refractivity contribution >= 4 is 50.9 Å². The number of fused-ring (bicyclic) bond motifs is 2. The minimum Gasteiger partial charge on any atom is -0.419 e. The normalized spacial score (nSPS) is 20.1. The van der Waals surface area contributed by atoms with E-state index in [2.05, 4.69) is 24.8 Å². The van der Waals surface area contributed by atoms with E-state index in [-0.39, 0.29) is 40.9 Å². The zero-order valence-corrected chi connectivity index (χ0v) is 24.0. The molecule has 10 nitrogen and oxygen atoms in total. The molecule has 0 aromatic carbocycles. The van der Waals surface area contributed by atoms with Crippen molar-refractivity contribution in [2.75, 3.05) is 12.4 Å². The van der Waals surface area contributed by atoms with E-state index < -0.39 is 53.5 Å². The lowest BCUT2D eigenvalue weighted by atomic mass is 10.0. The number of halogens is 6. The van der Waals surface area contributed by atoms with Crippen molar-refractivity contribution in [1.82, 2.24) is 14.9 Å². The van der Waals surface area contributed by atoms with Gasteiger partial charge >= 0.3 is 18.3 Å². The predicted octanol–water partition coefficient (Wildman–Crippen LogP) is 4.84. The number of amides is 3. The Morgan fingerprint density at radius 2 is 1.73 bits per heavy atom. The summed E-state index contributed by atoms with van der Waals surface area (Å²) in [6, 6.07) is 3.58. The summed E-state index contributed by atoms with van der Waals surface area (Å²) in [6.45, 7) is 4.73. The summed E-state index contributed by atoms with van der Waals surface area (Å²) >= 11 is 1.05. The number of methoxy groups -OCH3 is 1. The number of thiophene rings is 1. The second-order valence-electron chi connectivity index (χ2n) is 10.8. The Morgan fingerprint density at radius 1 is 1.09 bits per heavy atom. The molecule has 0 radical (unpaired) electrons. The molecule has 1 aliphatic carbocycles. The van der Waals surface area contributed by atoms with Crippen LogP contribution in [0.3, 0.4) is 0 Å². The van der Waals surface area contributed by atoms with Gasteiger partial charge in [0.25, 0.3) is 12.2 Å². The number of aromatic nitrogens is 2. The minimum atomic E-state index is -5.45. The molecule has 2 fully saturated rings. The Morgan fingerprint density at radius 3 is 2.30 bits per heavy atom. The van der Waals surface area contributed by atoms with E-state index >= 15 is 0 Å². The van der Waals surface area contributed by atoms with Crippen molar-refractivity contribution in [2.45, 2.75) is 46.0 Å². The number of anilines is 1. The number of esters is 1. The Kier molecular flexibility index (Phi) is 7.47. The largest absolute Gasteiger partial charge is 0.491 e. The van der Waals surface area contributed by atoms with Crippen LogP contribution in [-0.2, 0) is 41.4 Å². The summed E-state index contributed by atoms with van der Waals surface area (Å²) in [5.74, 6) is -5.58. The molecule has 234 valence electrons. The SMILES string of the molecule is COC(OC(=O)C(F)(F)F)C(=O)Nc1c(-c2ccnc3cc(CN4C(=O)C5C(C4=O)C5(C)C)sc23)cc(C(F)(F)F)nc1C. The van der Waals surface area contributed by atoms with Crippen LogP contribution in [0.2, 0.25) is 0 Å².